The van der Waals surface area contributed by atoms with Gasteiger partial charge in [-0.3, -0.25) is 0 Å². The maximum absolute atomic E-state index is 3.37. The molecule has 0 nitrogen and oxygen atoms in total. The fourth-order valence-electron chi connectivity index (χ4n) is 3.34. The predicted octanol–water partition coefficient (Wildman–Crippen LogP) is 9.71. The second-order valence-electron chi connectivity index (χ2n) is 7.89. The molecular formula is C30H43. The molecule has 0 unspecified atom stereocenters. The Morgan fingerprint density at radius 3 is 1.20 bits per heavy atom. The smallest absolute Gasteiger partial charge is 0.0276 e. The van der Waals surface area contributed by atoms with Crippen molar-refractivity contribution in [1.29, 1.82) is 0 Å². The highest BCUT2D eigenvalue weighted by molar-refractivity contribution is 5.21. The summed E-state index contributed by atoms with van der Waals surface area (Å²) in [6.07, 6.45) is 53.5. The lowest BCUT2D eigenvalue weighted by molar-refractivity contribution is 0.541. The molecule has 1 radical (unpaired) electrons. The van der Waals surface area contributed by atoms with Gasteiger partial charge in [-0.25, -0.2) is 0 Å². The summed E-state index contributed by atoms with van der Waals surface area (Å²) in [5, 5.41) is 0. The quantitative estimate of drug-likeness (QED) is 0.377. The molecule has 0 amide bonds. The van der Waals surface area contributed by atoms with Crippen molar-refractivity contribution in [3.63, 3.8) is 0 Å². The van der Waals surface area contributed by atoms with Crippen LogP contribution in [0.15, 0.2) is 91.1 Å². The van der Waals surface area contributed by atoms with Crippen LogP contribution in [0, 0.1) is 6.08 Å². The van der Waals surface area contributed by atoms with Gasteiger partial charge in [0.1, 0.15) is 0 Å². The van der Waals surface area contributed by atoms with Gasteiger partial charge in [0.25, 0.3) is 0 Å². The first kappa shape index (κ1) is 26.0. The van der Waals surface area contributed by atoms with Gasteiger partial charge < -0.3 is 0 Å². The van der Waals surface area contributed by atoms with E-state index in [0.717, 1.165) is 6.42 Å². The molecule has 0 spiro atoms. The van der Waals surface area contributed by atoms with Gasteiger partial charge >= 0.3 is 0 Å². The Kier molecular flexibility index (Phi) is 20.1. The van der Waals surface area contributed by atoms with Gasteiger partial charge in [0, 0.05) is 0 Å². The molecule has 163 valence electrons. The van der Waals surface area contributed by atoms with Crippen LogP contribution in [-0.2, 0) is 0 Å². The summed E-state index contributed by atoms with van der Waals surface area (Å²) in [7, 11) is 0. The minimum absolute atomic E-state index is 1.08. The normalized spacial score (nSPS) is 28.3. The number of rotatable bonds is 0. The van der Waals surface area contributed by atoms with Crippen molar-refractivity contribution in [2.45, 2.75) is 89.9 Å². The highest BCUT2D eigenvalue weighted by Crippen LogP contribution is 2.13. The standard InChI is InChI=1S/C30H43/c1-2-4-6-8-10-12-14-16-18-20-22-24-26-28-30-29-27-25-23-21-19-17-15-13-11-9-7-5-3-1/h1-15H,16,18-30H2/b2-1-,5-3-,6-4-,9-7-,10-8-,13-11-,14-12-,17-15?. The Balaban J connectivity index is 2.33. The number of hydrogen-bond acceptors (Lipinski definition) is 0. The topological polar surface area (TPSA) is 0 Å². The fraction of sp³-hybridized carbons (Fsp3) is 0.467. The van der Waals surface area contributed by atoms with Gasteiger partial charge in [-0.2, -0.15) is 0 Å². The van der Waals surface area contributed by atoms with Crippen molar-refractivity contribution < 1.29 is 0 Å². The van der Waals surface area contributed by atoms with E-state index >= 15 is 0 Å². The lowest BCUT2D eigenvalue weighted by Crippen LogP contribution is -1.83. The lowest BCUT2D eigenvalue weighted by atomic mass is 10.0. The summed E-state index contributed by atoms with van der Waals surface area (Å²) in [5.74, 6) is 0. The molecule has 0 fully saturated rings. The molecule has 0 aromatic heterocycles. The summed E-state index contributed by atoms with van der Waals surface area (Å²) in [5.41, 5.74) is 0. The molecule has 0 atom stereocenters. The molecule has 0 aromatic carbocycles. The van der Waals surface area contributed by atoms with E-state index in [9.17, 15) is 0 Å². The first-order valence-corrected chi connectivity index (χ1v) is 12.2. The van der Waals surface area contributed by atoms with E-state index in [1.54, 1.807) is 0 Å². The van der Waals surface area contributed by atoms with Crippen LogP contribution in [-0.4, -0.2) is 0 Å². The van der Waals surface area contributed by atoms with Gasteiger partial charge in [0.2, 0.25) is 0 Å². The predicted molar refractivity (Wildman–Crippen MR) is 136 cm³/mol. The Bertz CT molecular complexity index is 536. The zero-order chi connectivity index (χ0) is 21.2. The van der Waals surface area contributed by atoms with E-state index in [1.165, 1.54) is 83.5 Å². The van der Waals surface area contributed by atoms with Gasteiger partial charge in [-0.05, 0) is 31.8 Å². The van der Waals surface area contributed by atoms with Gasteiger partial charge in [-0.1, -0.05) is 155 Å². The Hall–Kier alpha value is -2.08. The highest BCUT2D eigenvalue weighted by Gasteiger charge is 1.93. The molecule has 1 aliphatic carbocycles. The van der Waals surface area contributed by atoms with Crippen LogP contribution < -0.4 is 0 Å². The van der Waals surface area contributed by atoms with Crippen LogP contribution in [0.3, 0.4) is 0 Å². The second-order valence-corrected chi connectivity index (χ2v) is 7.89. The minimum atomic E-state index is 1.08. The summed E-state index contributed by atoms with van der Waals surface area (Å²) >= 11 is 0. The monoisotopic (exact) mass is 403 g/mol. The number of hydrogen-bond donors (Lipinski definition) is 0. The van der Waals surface area contributed by atoms with E-state index in [1.807, 2.05) is 42.5 Å². The molecule has 0 aliphatic heterocycles. The average Bonchev–Trinajstić information content (AvgIpc) is 2.76. The summed E-state index contributed by atoms with van der Waals surface area (Å²) in [6.45, 7) is 0. The third-order valence-corrected chi connectivity index (χ3v) is 5.13. The largest absolute Gasteiger partial charge is 0.0845 e. The molecule has 30 heavy (non-hydrogen) atoms. The molecule has 1 rings (SSSR count). The van der Waals surface area contributed by atoms with Crippen molar-refractivity contribution >= 4 is 0 Å². The molecule has 0 N–H and O–H groups in total. The molecule has 0 aromatic rings. The Morgan fingerprint density at radius 1 is 0.333 bits per heavy atom. The van der Waals surface area contributed by atoms with E-state index < -0.39 is 0 Å². The third-order valence-electron chi connectivity index (χ3n) is 5.13. The molecular weight excluding hydrogens is 360 g/mol. The average molecular weight is 404 g/mol. The van der Waals surface area contributed by atoms with Crippen LogP contribution in [0.5, 0.6) is 0 Å². The van der Waals surface area contributed by atoms with Crippen LogP contribution in [0.2, 0.25) is 0 Å². The molecule has 0 saturated heterocycles. The van der Waals surface area contributed by atoms with Crippen molar-refractivity contribution in [2.75, 3.05) is 0 Å². The van der Waals surface area contributed by atoms with Gasteiger partial charge in [0.15, 0.2) is 0 Å². The summed E-state index contributed by atoms with van der Waals surface area (Å²) in [4.78, 5) is 0. The Morgan fingerprint density at radius 2 is 0.700 bits per heavy atom. The minimum Gasteiger partial charge on any atom is -0.0845 e. The first-order valence-electron chi connectivity index (χ1n) is 12.2. The van der Waals surface area contributed by atoms with E-state index in [-0.39, 0.29) is 0 Å². The van der Waals surface area contributed by atoms with Crippen molar-refractivity contribution in [2.24, 2.45) is 0 Å². The van der Waals surface area contributed by atoms with E-state index in [0.29, 0.717) is 0 Å². The summed E-state index contributed by atoms with van der Waals surface area (Å²) < 4.78 is 0. The second kappa shape index (κ2) is 23.2. The maximum atomic E-state index is 3.37. The van der Waals surface area contributed by atoms with Crippen LogP contribution in [0.25, 0.3) is 0 Å². The molecule has 0 heteroatoms. The number of allylic oxidation sites excluding steroid dienone is 16. The first-order chi connectivity index (χ1) is 15.0. The van der Waals surface area contributed by atoms with Gasteiger partial charge in [-0.15, -0.1) is 0 Å². The SMILES string of the molecule is [C]1=C/C=C\C=C/C=C\C=C/C=C\C=C/C=C\CCCCCCCCCCCCCC\1. The maximum Gasteiger partial charge on any atom is -0.0276 e. The van der Waals surface area contributed by atoms with E-state index in [2.05, 4.69) is 54.7 Å². The third kappa shape index (κ3) is 20.6. The van der Waals surface area contributed by atoms with Crippen LogP contribution in [0.1, 0.15) is 89.9 Å². The zero-order valence-electron chi connectivity index (χ0n) is 19.1. The molecule has 0 saturated carbocycles. The Labute approximate surface area is 187 Å². The zero-order valence-corrected chi connectivity index (χ0v) is 19.1. The molecule has 1 aliphatic rings. The van der Waals surface area contributed by atoms with Crippen molar-refractivity contribution in [3.05, 3.63) is 97.2 Å². The molecule has 0 heterocycles. The van der Waals surface area contributed by atoms with Crippen LogP contribution >= 0.6 is 0 Å². The fourth-order valence-corrected chi connectivity index (χ4v) is 3.34. The lowest BCUT2D eigenvalue weighted by Gasteiger charge is -2.02. The molecule has 0 bridgehead atoms. The highest BCUT2D eigenvalue weighted by atomic mass is 14.0. The van der Waals surface area contributed by atoms with E-state index in [4.69, 9.17) is 0 Å². The summed E-state index contributed by atoms with van der Waals surface area (Å²) in [6, 6.07) is 0. The van der Waals surface area contributed by atoms with Crippen LogP contribution in [0.4, 0.5) is 0 Å². The van der Waals surface area contributed by atoms with Crippen molar-refractivity contribution in [3.8, 4) is 0 Å². The van der Waals surface area contributed by atoms with Crippen molar-refractivity contribution in [1.82, 2.24) is 0 Å². The van der Waals surface area contributed by atoms with Gasteiger partial charge in [0.05, 0.1) is 0 Å².